The van der Waals surface area contributed by atoms with E-state index < -0.39 is 0 Å². The number of hydrazine groups is 2. The molecule has 2 aromatic carbocycles. The maximum absolute atomic E-state index is 5.73. The Kier molecular flexibility index (Phi) is 3.23. The third-order valence-electron chi connectivity index (χ3n) is 2.85. The summed E-state index contributed by atoms with van der Waals surface area (Å²) in [6.07, 6.45) is -0.0347. The number of rotatable bonds is 3. The number of ether oxygens (including phenoxy) is 1. The summed E-state index contributed by atoms with van der Waals surface area (Å²) in [6, 6.07) is 18.4. The van der Waals surface area contributed by atoms with E-state index in [9.17, 15) is 0 Å². The van der Waals surface area contributed by atoms with Crippen molar-refractivity contribution in [3.63, 3.8) is 0 Å². The lowest BCUT2D eigenvalue weighted by molar-refractivity contribution is 0.191. The van der Waals surface area contributed by atoms with Gasteiger partial charge < -0.3 is 4.74 Å². The Morgan fingerprint density at radius 2 is 1.61 bits per heavy atom. The number of benzene rings is 2. The Labute approximate surface area is 106 Å². The molecule has 1 unspecified atom stereocenters. The van der Waals surface area contributed by atoms with Crippen LogP contribution < -0.4 is 21.1 Å². The maximum Gasteiger partial charge on any atom is 0.177 e. The molecule has 0 aromatic heterocycles. The summed E-state index contributed by atoms with van der Waals surface area (Å²) < 4.78 is 5.73. The van der Waals surface area contributed by atoms with Crippen LogP contribution in [0.2, 0.25) is 0 Å². The van der Waals surface area contributed by atoms with Crippen molar-refractivity contribution in [3.8, 4) is 16.9 Å². The maximum atomic E-state index is 5.73. The van der Waals surface area contributed by atoms with Gasteiger partial charge in [-0.2, -0.15) is 5.53 Å². The van der Waals surface area contributed by atoms with Gasteiger partial charge in [0.2, 0.25) is 0 Å². The van der Waals surface area contributed by atoms with E-state index in [-0.39, 0.29) is 6.23 Å². The highest BCUT2D eigenvalue weighted by Gasteiger charge is 2.14. The Morgan fingerprint density at radius 3 is 2.28 bits per heavy atom. The SMILES string of the molecule is c1ccc(-c2ccc(OC3CNNN3)cc2)cc1. The van der Waals surface area contributed by atoms with Crippen LogP contribution in [0.1, 0.15) is 0 Å². The molecule has 0 aliphatic carbocycles. The van der Waals surface area contributed by atoms with Gasteiger partial charge in [-0.15, -0.1) is 0 Å². The Bertz CT molecular complexity index is 492. The minimum Gasteiger partial charge on any atom is -0.473 e. The van der Waals surface area contributed by atoms with Gasteiger partial charge >= 0.3 is 0 Å². The van der Waals surface area contributed by atoms with Crippen molar-refractivity contribution in [1.82, 2.24) is 16.4 Å². The highest BCUT2D eigenvalue weighted by molar-refractivity contribution is 5.63. The second-order valence-corrected chi connectivity index (χ2v) is 4.15. The van der Waals surface area contributed by atoms with Gasteiger partial charge in [0.05, 0.1) is 6.54 Å². The molecule has 1 heterocycles. The zero-order valence-electron chi connectivity index (χ0n) is 9.89. The molecular formula is C14H15N3O. The largest absolute Gasteiger partial charge is 0.473 e. The van der Waals surface area contributed by atoms with Gasteiger partial charge in [0.1, 0.15) is 5.75 Å². The molecule has 3 rings (SSSR count). The van der Waals surface area contributed by atoms with Crippen molar-refractivity contribution < 1.29 is 4.74 Å². The van der Waals surface area contributed by atoms with Crippen LogP contribution in [0, 0.1) is 0 Å². The smallest absolute Gasteiger partial charge is 0.177 e. The fraction of sp³-hybridized carbons (Fsp3) is 0.143. The van der Waals surface area contributed by atoms with Crippen LogP contribution in [0.4, 0.5) is 0 Å². The number of hydrogen-bond donors (Lipinski definition) is 3. The van der Waals surface area contributed by atoms with Gasteiger partial charge in [0.15, 0.2) is 6.23 Å². The van der Waals surface area contributed by atoms with Crippen molar-refractivity contribution in [2.45, 2.75) is 6.23 Å². The lowest BCUT2D eigenvalue weighted by atomic mass is 10.1. The quantitative estimate of drug-likeness (QED) is 0.765. The van der Waals surface area contributed by atoms with Crippen LogP contribution in [-0.2, 0) is 0 Å². The molecule has 4 nitrogen and oxygen atoms in total. The molecule has 2 aromatic rings. The standard InChI is InChI=1S/C14H15N3O/c1-2-4-11(5-3-1)12-6-8-13(9-7-12)18-14-10-15-17-16-14/h1-9,14-17H,10H2. The highest BCUT2D eigenvalue weighted by atomic mass is 16.5. The third kappa shape index (κ3) is 2.51. The van der Waals surface area contributed by atoms with Gasteiger partial charge in [-0.05, 0) is 23.3 Å². The van der Waals surface area contributed by atoms with E-state index in [0.29, 0.717) is 0 Å². The predicted octanol–water partition coefficient (Wildman–Crippen LogP) is 1.67. The lowest BCUT2D eigenvalue weighted by Crippen LogP contribution is -2.36. The minimum absolute atomic E-state index is 0.0347. The molecule has 1 aliphatic heterocycles. The average molecular weight is 241 g/mol. The first-order chi connectivity index (χ1) is 8.92. The average Bonchev–Trinajstić information content (AvgIpc) is 2.94. The van der Waals surface area contributed by atoms with E-state index in [0.717, 1.165) is 12.3 Å². The van der Waals surface area contributed by atoms with Crippen molar-refractivity contribution in [2.75, 3.05) is 6.54 Å². The Balaban J connectivity index is 1.72. The molecule has 1 fully saturated rings. The summed E-state index contributed by atoms with van der Waals surface area (Å²) in [7, 11) is 0. The van der Waals surface area contributed by atoms with Gasteiger partial charge in [0, 0.05) is 0 Å². The van der Waals surface area contributed by atoms with E-state index >= 15 is 0 Å². The molecule has 92 valence electrons. The van der Waals surface area contributed by atoms with E-state index in [1.807, 2.05) is 30.3 Å². The van der Waals surface area contributed by atoms with Gasteiger partial charge in [0.25, 0.3) is 0 Å². The minimum atomic E-state index is -0.0347. The molecule has 1 aliphatic rings. The summed E-state index contributed by atoms with van der Waals surface area (Å²) in [5, 5.41) is 0. The second kappa shape index (κ2) is 5.18. The predicted molar refractivity (Wildman–Crippen MR) is 70.6 cm³/mol. The van der Waals surface area contributed by atoms with E-state index in [4.69, 9.17) is 4.74 Å². The highest BCUT2D eigenvalue weighted by Crippen LogP contribution is 2.22. The van der Waals surface area contributed by atoms with Crippen molar-refractivity contribution in [2.24, 2.45) is 0 Å². The van der Waals surface area contributed by atoms with Crippen molar-refractivity contribution in [3.05, 3.63) is 54.6 Å². The fourth-order valence-corrected chi connectivity index (χ4v) is 1.92. The number of hydrogen-bond acceptors (Lipinski definition) is 4. The van der Waals surface area contributed by atoms with Crippen LogP contribution in [0.3, 0.4) is 0 Å². The molecule has 0 amide bonds. The summed E-state index contributed by atoms with van der Waals surface area (Å²) >= 11 is 0. The molecule has 18 heavy (non-hydrogen) atoms. The summed E-state index contributed by atoms with van der Waals surface area (Å²) in [5.41, 5.74) is 11.1. The van der Waals surface area contributed by atoms with E-state index in [1.165, 1.54) is 11.1 Å². The van der Waals surface area contributed by atoms with Crippen LogP contribution in [-0.4, -0.2) is 12.8 Å². The van der Waals surface area contributed by atoms with E-state index in [1.54, 1.807) is 0 Å². The van der Waals surface area contributed by atoms with Gasteiger partial charge in [-0.1, -0.05) is 42.5 Å². The fourth-order valence-electron chi connectivity index (χ4n) is 1.92. The molecule has 0 saturated carbocycles. The van der Waals surface area contributed by atoms with Gasteiger partial charge in [-0.25, -0.2) is 10.9 Å². The third-order valence-corrected chi connectivity index (χ3v) is 2.85. The van der Waals surface area contributed by atoms with E-state index in [2.05, 4.69) is 40.7 Å². The van der Waals surface area contributed by atoms with Crippen molar-refractivity contribution >= 4 is 0 Å². The van der Waals surface area contributed by atoms with Crippen LogP contribution >= 0.6 is 0 Å². The summed E-state index contributed by atoms with van der Waals surface area (Å²) in [4.78, 5) is 0. The first-order valence-electron chi connectivity index (χ1n) is 5.97. The molecule has 0 spiro atoms. The summed E-state index contributed by atoms with van der Waals surface area (Å²) in [6.45, 7) is 0.737. The molecule has 0 bridgehead atoms. The van der Waals surface area contributed by atoms with Gasteiger partial charge in [-0.3, -0.25) is 0 Å². The zero-order chi connectivity index (χ0) is 12.2. The topological polar surface area (TPSA) is 45.3 Å². The molecular weight excluding hydrogens is 226 g/mol. The lowest BCUT2D eigenvalue weighted by Gasteiger charge is -2.12. The van der Waals surface area contributed by atoms with Crippen LogP contribution in [0.5, 0.6) is 5.75 Å². The van der Waals surface area contributed by atoms with Crippen LogP contribution in [0.25, 0.3) is 11.1 Å². The molecule has 1 saturated heterocycles. The van der Waals surface area contributed by atoms with Crippen LogP contribution in [0.15, 0.2) is 54.6 Å². The normalized spacial score (nSPS) is 18.8. The summed E-state index contributed by atoms with van der Waals surface area (Å²) in [5.74, 6) is 0.859. The first kappa shape index (κ1) is 11.2. The molecule has 0 radical (unpaired) electrons. The Morgan fingerprint density at radius 1 is 0.889 bits per heavy atom. The zero-order valence-corrected chi connectivity index (χ0v) is 9.89. The molecule has 3 N–H and O–H groups in total. The monoisotopic (exact) mass is 241 g/mol. The van der Waals surface area contributed by atoms with Crippen molar-refractivity contribution in [1.29, 1.82) is 0 Å². The molecule has 4 heteroatoms. The number of nitrogens with one attached hydrogen (secondary N) is 3. The second-order valence-electron chi connectivity index (χ2n) is 4.15. The Hall–Kier alpha value is -1.88. The molecule has 1 atom stereocenters. The first-order valence-corrected chi connectivity index (χ1v) is 5.97.